The Morgan fingerprint density at radius 3 is 2.27 bits per heavy atom. The average Bonchev–Trinajstić information content (AvgIpc) is 3.03. The van der Waals surface area contributed by atoms with Gasteiger partial charge >= 0.3 is 6.09 Å². The fourth-order valence-corrected chi connectivity index (χ4v) is 3.70. The minimum Gasteiger partial charge on any atom is -0.447 e. The van der Waals surface area contributed by atoms with Gasteiger partial charge in [0.1, 0.15) is 55.4 Å². The van der Waals surface area contributed by atoms with Crippen LogP contribution in [0.1, 0.15) is 13.8 Å². The Morgan fingerprint density at radius 1 is 0.967 bits per heavy atom. The third-order valence-corrected chi connectivity index (χ3v) is 5.22. The molecule has 0 bridgehead atoms. The van der Waals surface area contributed by atoms with Gasteiger partial charge < -0.3 is 54.0 Å². The van der Waals surface area contributed by atoms with Crippen LogP contribution in [0.5, 0.6) is 0 Å². The van der Waals surface area contributed by atoms with Gasteiger partial charge in [0, 0.05) is 7.11 Å². The lowest BCUT2D eigenvalue weighted by Gasteiger charge is -2.40. The SMILES string of the molecule is CO[C@H]1O[C@H](COC(=O)N[C@@H]2O[C@H](CO)[C@@H](O)[C@H](O)[C@H]2O)[C@@H](O)[C@@H]2OC(C)(C)O[C@H]12. The number of aliphatic hydroxyl groups excluding tert-OH is 5. The average molecular weight is 439 g/mol. The third-order valence-electron chi connectivity index (χ3n) is 5.22. The molecule has 3 heterocycles. The normalized spacial score (nSPS) is 45.6. The molecule has 3 rings (SSSR count). The molecule has 0 unspecified atom stereocenters. The molecule has 0 radical (unpaired) electrons. The second-order valence-corrected chi connectivity index (χ2v) is 7.83. The molecule has 0 aromatic heterocycles. The van der Waals surface area contributed by atoms with Gasteiger partial charge in [0.25, 0.3) is 0 Å². The van der Waals surface area contributed by atoms with Crippen molar-refractivity contribution in [2.45, 2.75) is 81.0 Å². The standard InChI is InChI=1S/C17H29NO12/c1-17(2)29-12-9(21)7(28-15(25-3)13(12)30-17)5-26-16(24)18-14-11(23)10(22)8(20)6(4-19)27-14/h6-15,19-23H,4-5H2,1-3H3,(H,18,24)/t6-,7-,8-,9-,10+,11-,12+,13+,14-,15+/m1/s1. The number of amides is 1. The highest BCUT2D eigenvalue weighted by atomic mass is 16.8. The van der Waals surface area contributed by atoms with Crippen LogP contribution < -0.4 is 5.32 Å². The largest absolute Gasteiger partial charge is 0.447 e. The van der Waals surface area contributed by atoms with Crippen molar-refractivity contribution in [1.29, 1.82) is 0 Å². The number of methoxy groups -OCH3 is 1. The molecular formula is C17H29NO12. The number of hydrogen-bond donors (Lipinski definition) is 6. The van der Waals surface area contributed by atoms with Crippen molar-refractivity contribution in [2.75, 3.05) is 20.3 Å². The van der Waals surface area contributed by atoms with Crippen LogP contribution in [0.15, 0.2) is 0 Å². The maximum Gasteiger partial charge on any atom is 0.409 e. The summed E-state index contributed by atoms with van der Waals surface area (Å²) in [5.41, 5.74) is 0. The van der Waals surface area contributed by atoms with Gasteiger partial charge in [-0.25, -0.2) is 4.79 Å². The molecule has 13 nitrogen and oxygen atoms in total. The van der Waals surface area contributed by atoms with E-state index in [-0.39, 0.29) is 0 Å². The molecule has 30 heavy (non-hydrogen) atoms. The number of alkyl carbamates (subject to hydrolysis) is 1. The molecule has 0 aromatic rings. The van der Waals surface area contributed by atoms with Crippen molar-refractivity contribution in [2.24, 2.45) is 0 Å². The first-order valence-corrected chi connectivity index (χ1v) is 9.53. The molecule has 6 N–H and O–H groups in total. The van der Waals surface area contributed by atoms with Gasteiger partial charge in [-0.3, -0.25) is 5.32 Å². The van der Waals surface area contributed by atoms with Gasteiger partial charge in [0.15, 0.2) is 18.3 Å². The number of fused-ring (bicyclic) bond motifs is 1. The Balaban J connectivity index is 1.55. The zero-order chi connectivity index (χ0) is 22.2. The number of hydrogen-bond acceptors (Lipinski definition) is 12. The monoisotopic (exact) mass is 439 g/mol. The van der Waals surface area contributed by atoms with E-state index < -0.39 is 86.4 Å². The van der Waals surface area contributed by atoms with E-state index in [9.17, 15) is 30.3 Å². The zero-order valence-electron chi connectivity index (χ0n) is 16.8. The van der Waals surface area contributed by atoms with E-state index in [1.54, 1.807) is 13.8 Å². The van der Waals surface area contributed by atoms with Crippen LogP contribution in [-0.2, 0) is 28.4 Å². The smallest absolute Gasteiger partial charge is 0.409 e. The van der Waals surface area contributed by atoms with E-state index in [1.807, 2.05) is 0 Å². The maximum absolute atomic E-state index is 12.1. The molecule has 0 aliphatic carbocycles. The molecule has 0 spiro atoms. The first kappa shape index (κ1) is 23.5. The summed E-state index contributed by atoms with van der Waals surface area (Å²) in [4.78, 5) is 12.1. The highest BCUT2D eigenvalue weighted by Gasteiger charge is 2.55. The van der Waals surface area contributed by atoms with Crippen molar-refractivity contribution >= 4 is 6.09 Å². The molecule has 0 aromatic carbocycles. The second kappa shape index (κ2) is 9.16. The molecule has 3 fully saturated rings. The van der Waals surface area contributed by atoms with Gasteiger partial charge in [-0.05, 0) is 13.8 Å². The molecule has 1 amide bonds. The topological polar surface area (TPSA) is 186 Å². The number of carbonyl (C=O) groups excluding carboxylic acids is 1. The first-order valence-electron chi connectivity index (χ1n) is 9.53. The molecule has 3 aliphatic heterocycles. The van der Waals surface area contributed by atoms with Gasteiger partial charge in [0.2, 0.25) is 0 Å². The van der Waals surface area contributed by atoms with Crippen LogP contribution in [-0.4, -0.2) is 119 Å². The van der Waals surface area contributed by atoms with Gasteiger partial charge in [-0.2, -0.15) is 0 Å². The highest BCUT2D eigenvalue weighted by Crippen LogP contribution is 2.37. The molecule has 3 aliphatic rings. The van der Waals surface area contributed by atoms with E-state index in [0.717, 1.165) is 0 Å². The number of nitrogens with one attached hydrogen (secondary N) is 1. The van der Waals surface area contributed by atoms with E-state index in [2.05, 4.69) is 5.32 Å². The van der Waals surface area contributed by atoms with Crippen molar-refractivity contribution < 1.29 is 58.7 Å². The van der Waals surface area contributed by atoms with Crippen LogP contribution in [0, 0.1) is 0 Å². The summed E-state index contributed by atoms with van der Waals surface area (Å²) >= 11 is 0. The van der Waals surface area contributed by atoms with E-state index >= 15 is 0 Å². The number of ether oxygens (including phenoxy) is 6. The van der Waals surface area contributed by atoms with Crippen LogP contribution in [0.2, 0.25) is 0 Å². The summed E-state index contributed by atoms with van der Waals surface area (Å²) in [6.45, 7) is 2.34. The summed E-state index contributed by atoms with van der Waals surface area (Å²) < 4.78 is 32.5. The fourth-order valence-electron chi connectivity index (χ4n) is 3.70. The Bertz CT molecular complexity index is 603. The minimum absolute atomic E-state index is 0.392. The molecule has 0 saturated carbocycles. The summed E-state index contributed by atoms with van der Waals surface area (Å²) in [6.07, 6.45) is -13.0. The van der Waals surface area contributed by atoms with Crippen molar-refractivity contribution in [3.8, 4) is 0 Å². The van der Waals surface area contributed by atoms with E-state index in [1.165, 1.54) is 7.11 Å². The van der Waals surface area contributed by atoms with E-state index in [4.69, 9.17) is 28.4 Å². The minimum atomic E-state index is -1.66. The third kappa shape index (κ3) is 4.70. The molecule has 10 atom stereocenters. The number of aliphatic hydroxyl groups is 5. The Kier molecular flexibility index (Phi) is 7.18. The first-order chi connectivity index (χ1) is 14.1. The van der Waals surface area contributed by atoms with Crippen LogP contribution >= 0.6 is 0 Å². The zero-order valence-corrected chi connectivity index (χ0v) is 16.8. The Labute approximate surface area is 172 Å². The highest BCUT2D eigenvalue weighted by molar-refractivity contribution is 5.67. The van der Waals surface area contributed by atoms with Crippen molar-refractivity contribution in [1.82, 2.24) is 5.32 Å². The van der Waals surface area contributed by atoms with Crippen LogP contribution in [0.4, 0.5) is 4.79 Å². The Morgan fingerprint density at radius 2 is 1.63 bits per heavy atom. The Hall–Kier alpha value is -1.13. The molecule has 174 valence electrons. The predicted octanol–water partition coefficient (Wildman–Crippen LogP) is -3.24. The summed E-state index contributed by atoms with van der Waals surface area (Å²) in [6, 6.07) is 0. The molecule has 3 saturated heterocycles. The lowest BCUT2D eigenvalue weighted by molar-refractivity contribution is -0.272. The van der Waals surface area contributed by atoms with Gasteiger partial charge in [-0.15, -0.1) is 0 Å². The maximum atomic E-state index is 12.1. The second-order valence-electron chi connectivity index (χ2n) is 7.83. The van der Waals surface area contributed by atoms with Crippen molar-refractivity contribution in [3.63, 3.8) is 0 Å². The number of carbonyl (C=O) groups is 1. The van der Waals surface area contributed by atoms with Gasteiger partial charge in [0.05, 0.1) is 6.61 Å². The molecule has 13 heteroatoms. The van der Waals surface area contributed by atoms with Crippen LogP contribution in [0.3, 0.4) is 0 Å². The van der Waals surface area contributed by atoms with Gasteiger partial charge in [-0.1, -0.05) is 0 Å². The van der Waals surface area contributed by atoms with E-state index in [0.29, 0.717) is 0 Å². The summed E-state index contributed by atoms with van der Waals surface area (Å²) in [7, 11) is 1.40. The summed E-state index contributed by atoms with van der Waals surface area (Å²) in [5.74, 6) is -0.952. The lowest BCUT2D eigenvalue weighted by Crippen LogP contribution is -2.63. The molecular weight excluding hydrogens is 410 g/mol. The fraction of sp³-hybridized carbons (Fsp3) is 0.941. The quantitative estimate of drug-likeness (QED) is 0.252. The van der Waals surface area contributed by atoms with Crippen LogP contribution in [0.25, 0.3) is 0 Å². The summed E-state index contributed by atoms with van der Waals surface area (Å²) in [5, 5.41) is 51.4. The lowest BCUT2D eigenvalue weighted by atomic mass is 9.98. The number of rotatable bonds is 5. The van der Waals surface area contributed by atoms with Crippen molar-refractivity contribution in [3.05, 3.63) is 0 Å². The predicted molar refractivity (Wildman–Crippen MR) is 93.8 cm³/mol.